The van der Waals surface area contributed by atoms with Gasteiger partial charge in [-0.15, -0.1) is 23.2 Å². The van der Waals surface area contributed by atoms with E-state index in [0.717, 1.165) is 24.4 Å². The minimum atomic E-state index is 0.421. The maximum atomic E-state index is 6.25. The minimum absolute atomic E-state index is 0.421. The van der Waals surface area contributed by atoms with Crippen molar-refractivity contribution in [1.29, 1.82) is 0 Å². The Hall–Kier alpha value is 0.540. The molecule has 1 nitrogen and oxygen atoms in total. The maximum Gasteiger partial charge on any atom is 0.0606 e. The highest BCUT2D eigenvalue weighted by Crippen LogP contribution is 2.41. The fourth-order valence-electron chi connectivity index (χ4n) is 4.61. The number of rotatable bonds is 2. The predicted octanol–water partition coefficient (Wildman–Crippen LogP) is 5.38. The third kappa shape index (κ3) is 3.84. The lowest BCUT2D eigenvalue weighted by Gasteiger charge is -2.41. The van der Waals surface area contributed by atoms with Gasteiger partial charge in [-0.3, -0.25) is 0 Å². The maximum absolute atomic E-state index is 6.25. The Balaban J connectivity index is 1.51. The molecule has 3 fully saturated rings. The first-order chi connectivity index (χ1) is 9.72. The van der Waals surface area contributed by atoms with Crippen molar-refractivity contribution in [3.63, 3.8) is 0 Å². The lowest BCUT2D eigenvalue weighted by atomic mass is 9.72. The standard InChI is InChI=1S/C17H28Cl2O/c18-15-5-1-12(2-6-15)14-9-10-20-17(11-14)13-3-7-16(19)8-4-13/h12-17H,1-11H2. The number of alkyl halides is 2. The van der Waals surface area contributed by atoms with Crippen LogP contribution in [0.15, 0.2) is 0 Å². The normalized spacial score (nSPS) is 47.1. The molecule has 0 aromatic carbocycles. The summed E-state index contributed by atoms with van der Waals surface area (Å²) >= 11 is 12.5. The van der Waals surface area contributed by atoms with Crippen LogP contribution in [0.3, 0.4) is 0 Å². The summed E-state index contributed by atoms with van der Waals surface area (Å²) in [7, 11) is 0. The molecule has 0 radical (unpaired) electrons. The van der Waals surface area contributed by atoms with Crippen LogP contribution in [0.1, 0.15) is 64.2 Å². The Morgan fingerprint density at radius 3 is 1.75 bits per heavy atom. The molecule has 0 spiro atoms. The second-order valence-corrected chi connectivity index (χ2v) is 8.45. The average molecular weight is 319 g/mol. The second-order valence-electron chi connectivity index (χ2n) is 7.22. The summed E-state index contributed by atoms with van der Waals surface area (Å²) in [6.07, 6.45) is 13.2. The van der Waals surface area contributed by atoms with Gasteiger partial charge in [0.05, 0.1) is 6.10 Å². The molecule has 0 bridgehead atoms. The van der Waals surface area contributed by atoms with Gasteiger partial charge in [-0.2, -0.15) is 0 Å². The van der Waals surface area contributed by atoms with E-state index < -0.39 is 0 Å². The first kappa shape index (κ1) is 15.4. The van der Waals surface area contributed by atoms with Crippen LogP contribution in [0.25, 0.3) is 0 Å². The fraction of sp³-hybridized carbons (Fsp3) is 1.00. The fourth-order valence-corrected chi connectivity index (χ4v) is 5.12. The number of halogens is 2. The Labute approximate surface area is 133 Å². The Kier molecular flexibility index (Phi) is 5.56. The van der Waals surface area contributed by atoms with Crippen LogP contribution in [0.4, 0.5) is 0 Å². The summed E-state index contributed by atoms with van der Waals surface area (Å²) in [4.78, 5) is 0. The first-order valence-electron chi connectivity index (χ1n) is 8.62. The van der Waals surface area contributed by atoms with Gasteiger partial charge in [0.25, 0.3) is 0 Å². The van der Waals surface area contributed by atoms with E-state index >= 15 is 0 Å². The van der Waals surface area contributed by atoms with Crippen LogP contribution in [0, 0.1) is 17.8 Å². The zero-order chi connectivity index (χ0) is 13.9. The molecule has 3 rings (SSSR count). The van der Waals surface area contributed by atoms with Crippen LogP contribution in [-0.4, -0.2) is 23.5 Å². The van der Waals surface area contributed by atoms with Gasteiger partial charge in [0.2, 0.25) is 0 Å². The zero-order valence-corrected chi connectivity index (χ0v) is 13.9. The third-order valence-electron chi connectivity index (χ3n) is 5.95. The van der Waals surface area contributed by atoms with Crippen LogP contribution in [0.2, 0.25) is 0 Å². The molecule has 0 aromatic rings. The van der Waals surface area contributed by atoms with Crippen molar-refractivity contribution in [3.05, 3.63) is 0 Å². The summed E-state index contributed by atoms with van der Waals surface area (Å²) in [5.41, 5.74) is 0. The van der Waals surface area contributed by atoms with Crippen molar-refractivity contribution in [2.45, 2.75) is 81.1 Å². The number of hydrogen-bond acceptors (Lipinski definition) is 1. The van der Waals surface area contributed by atoms with Gasteiger partial charge in [-0.05, 0) is 82.0 Å². The Morgan fingerprint density at radius 1 is 0.600 bits per heavy atom. The summed E-state index contributed by atoms with van der Waals surface area (Å²) in [6, 6.07) is 0. The minimum Gasteiger partial charge on any atom is -0.378 e. The molecule has 2 unspecified atom stereocenters. The van der Waals surface area contributed by atoms with Crippen molar-refractivity contribution in [3.8, 4) is 0 Å². The topological polar surface area (TPSA) is 9.23 Å². The van der Waals surface area contributed by atoms with Crippen LogP contribution < -0.4 is 0 Å². The van der Waals surface area contributed by atoms with Gasteiger partial charge >= 0.3 is 0 Å². The molecule has 1 saturated heterocycles. The molecular formula is C17H28Cl2O. The van der Waals surface area contributed by atoms with Gasteiger partial charge in [0, 0.05) is 17.4 Å². The van der Waals surface area contributed by atoms with Gasteiger partial charge in [0.1, 0.15) is 0 Å². The first-order valence-corrected chi connectivity index (χ1v) is 9.49. The van der Waals surface area contributed by atoms with Crippen molar-refractivity contribution in [2.24, 2.45) is 17.8 Å². The molecule has 2 aliphatic carbocycles. The average Bonchev–Trinajstić information content (AvgIpc) is 2.49. The third-order valence-corrected chi connectivity index (χ3v) is 6.82. The quantitative estimate of drug-likeness (QED) is 0.621. The lowest BCUT2D eigenvalue weighted by Crippen LogP contribution is -2.37. The summed E-state index contributed by atoms with van der Waals surface area (Å²) in [6.45, 7) is 0.983. The highest BCUT2D eigenvalue weighted by molar-refractivity contribution is 6.20. The molecular weight excluding hydrogens is 291 g/mol. The Bertz CT molecular complexity index is 265. The molecule has 0 amide bonds. The monoisotopic (exact) mass is 318 g/mol. The van der Waals surface area contributed by atoms with Crippen molar-refractivity contribution in [2.75, 3.05) is 6.61 Å². The van der Waals surface area contributed by atoms with Crippen LogP contribution >= 0.6 is 23.2 Å². The van der Waals surface area contributed by atoms with E-state index in [4.69, 9.17) is 27.9 Å². The van der Waals surface area contributed by atoms with Gasteiger partial charge in [-0.25, -0.2) is 0 Å². The predicted molar refractivity (Wildman–Crippen MR) is 85.7 cm³/mol. The van der Waals surface area contributed by atoms with Crippen molar-refractivity contribution in [1.82, 2.24) is 0 Å². The van der Waals surface area contributed by atoms with E-state index in [9.17, 15) is 0 Å². The zero-order valence-electron chi connectivity index (χ0n) is 12.4. The molecule has 3 heteroatoms. The van der Waals surface area contributed by atoms with E-state index in [2.05, 4.69) is 0 Å². The molecule has 1 heterocycles. The van der Waals surface area contributed by atoms with E-state index in [1.165, 1.54) is 64.2 Å². The largest absolute Gasteiger partial charge is 0.378 e. The summed E-state index contributed by atoms with van der Waals surface area (Å²) in [5.74, 6) is 2.59. The summed E-state index contributed by atoms with van der Waals surface area (Å²) < 4.78 is 6.13. The van der Waals surface area contributed by atoms with E-state index in [0.29, 0.717) is 16.9 Å². The van der Waals surface area contributed by atoms with Crippen LogP contribution in [-0.2, 0) is 4.74 Å². The Morgan fingerprint density at radius 2 is 1.15 bits per heavy atom. The van der Waals surface area contributed by atoms with Gasteiger partial charge in [-0.1, -0.05) is 0 Å². The van der Waals surface area contributed by atoms with Crippen LogP contribution in [0.5, 0.6) is 0 Å². The highest BCUT2D eigenvalue weighted by Gasteiger charge is 2.35. The van der Waals surface area contributed by atoms with E-state index in [1.807, 2.05) is 0 Å². The van der Waals surface area contributed by atoms with Crippen molar-refractivity contribution < 1.29 is 4.74 Å². The lowest BCUT2D eigenvalue weighted by molar-refractivity contribution is -0.0633. The van der Waals surface area contributed by atoms with Crippen molar-refractivity contribution >= 4 is 23.2 Å². The molecule has 20 heavy (non-hydrogen) atoms. The molecule has 116 valence electrons. The molecule has 1 aliphatic heterocycles. The molecule has 0 aromatic heterocycles. The molecule has 3 aliphatic rings. The molecule has 2 atom stereocenters. The van der Waals surface area contributed by atoms with Gasteiger partial charge in [0.15, 0.2) is 0 Å². The highest BCUT2D eigenvalue weighted by atomic mass is 35.5. The number of hydrogen-bond donors (Lipinski definition) is 0. The second kappa shape index (κ2) is 7.20. The smallest absolute Gasteiger partial charge is 0.0606 e. The molecule has 2 saturated carbocycles. The summed E-state index contributed by atoms with van der Waals surface area (Å²) in [5, 5.41) is 0.866. The molecule has 0 N–H and O–H groups in total. The van der Waals surface area contributed by atoms with E-state index in [-0.39, 0.29) is 0 Å². The van der Waals surface area contributed by atoms with Gasteiger partial charge < -0.3 is 4.74 Å². The number of ether oxygens (including phenoxy) is 1. The van der Waals surface area contributed by atoms with E-state index in [1.54, 1.807) is 0 Å². The SMILES string of the molecule is ClC1CCC(C2CCOC(C3CCC(Cl)CC3)C2)CC1.